The standard InChI is InChI=1S/C12H17NO3/c1-14-10-3-9(4-11(5-10)15-2)8-16-12-6-13-7-12/h3-5,12-13H,6-8H2,1-2H3. The third-order valence-electron chi connectivity index (χ3n) is 2.64. The normalized spacial score (nSPS) is 15.6. The maximum atomic E-state index is 5.69. The third kappa shape index (κ3) is 2.65. The molecule has 1 fully saturated rings. The van der Waals surface area contributed by atoms with Gasteiger partial charge in [-0.25, -0.2) is 0 Å². The van der Waals surface area contributed by atoms with Crippen LogP contribution in [-0.4, -0.2) is 33.4 Å². The van der Waals surface area contributed by atoms with Gasteiger partial charge in [0.05, 0.1) is 26.9 Å². The van der Waals surface area contributed by atoms with E-state index < -0.39 is 0 Å². The molecule has 0 bridgehead atoms. The van der Waals surface area contributed by atoms with Gasteiger partial charge in [0, 0.05) is 19.2 Å². The second kappa shape index (κ2) is 5.18. The van der Waals surface area contributed by atoms with Gasteiger partial charge in [0.25, 0.3) is 0 Å². The van der Waals surface area contributed by atoms with Crippen molar-refractivity contribution in [3.05, 3.63) is 23.8 Å². The topological polar surface area (TPSA) is 39.7 Å². The summed E-state index contributed by atoms with van der Waals surface area (Å²) in [5.41, 5.74) is 1.07. The lowest BCUT2D eigenvalue weighted by atomic mass is 10.2. The van der Waals surface area contributed by atoms with Gasteiger partial charge in [-0.1, -0.05) is 0 Å². The van der Waals surface area contributed by atoms with Crippen molar-refractivity contribution in [3.63, 3.8) is 0 Å². The molecule has 0 amide bonds. The molecule has 0 aliphatic carbocycles. The lowest BCUT2D eigenvalue weighted by Gasteiger charge is -2.27. The van der Waals surface area contributed by atoms with E-state index in [1.54, 1.807) is 14.2 Å². The van der Waals surface area contributed by atoms with Crippen molar-refractivity contribution in [3.8, 4) is 11.5 Å². The Morgan fingerprint density at radius 1 is 1.12 bits per heavy atom. The zero-order chi connectivity index (χ0) is 11.4. The second-order valence-electron chi connectivity index (χ2n) is 3.81. The molecule has 1 aliphatic heterocycles. The predicted molar refractivity (Wildman–Crippen MR) is 61.0 cm³/mol. The van der Waals surface area contributed by atoms with Gasteiger partial charge in [-0.15, -0.1) is 0 Å². The highest BCUT2D eigenvalue weighted by Crippen LogP contribution is 2.23. The summed E-state index contributed by atoms with van der Waals surface area (Å²) in [6, 6.07) is 5.79. The van der Waals surface area contributed by atoms with Crippen molar-refractivity contribution < 1.29 is 14.2 Å². The maximum Gasteiger partial charge on any atom is 0.122 e. The first-order chi connectivity index (χ1) is 7.81. The third-order valence-corrected chi connectivity index (χ3v) is 2.64. The summed E-state index contributed by atoms with van der Waals surface area (Å²) in [5.74, 6) is 1.59. The van der Waals surface area contributed by atoms with Crippen molar-refractivity contribution in [2.45, 2.75) is 12.7 Å². The molecule has 1 N–H and O–H groups in total. The summed E-state index contributed by atoms with van der Waals surface area (Å²) >= 11 is 0. The number of hydrogen-bond donors (Lipinski definition) is 1. The molecule has 1 aromatic carbocycles. The Hall–Kier alpha value is -1.26. The summed E-state index contributed by atoms with van der Waals surface area (Å²) < 4.78 is 16.1. The molecule has 1 saturated heterocycles. The Balaban J connectivity index is 2.00. The molecular formula is C12H17NO3. The van der Waals surface area contributed by atoms with Crippen molar-refractivity contribution in [1.82, 2.24) is 5.32 Å². The minimum Gasteiger partial charge on any atom is -0.497 e. The largest absolute Gasteiger partial charge is 0.497 e. The SMILES string of the molecule is COc1cc(COC2CNC2)cc(OC)c1. The van der Waals surface area contributed by atoms with E-state index in [0.717, 1.165) is 30.2 Å². The van der Waals surface area contributed by atoms with Crippen LogP contribution in [-0.2, 0) is 11.3 Å². The first-order valence-corrected chi connectivity index (χ1v) is 5.36. The van der Waals surface area contributed by atoms with E-state index in [0.29, 0.717) is 12.7 Å². The maximum absolute atomic E-state index is 5.69. The molecule has 0 radical (unpaired) electrons. The smallest absolute Gasteiger partial charge is 0.122 e. The molecule has 16 heavy (non-hydrogen) atoms. The van der Waals surface area contributed by atoms with Crippen LogP contribution < -0.4 is 14.8 Å². The average molecular weight is 223 g/mol. The molecule has 4 nitrogen and oxygen atoms in total. The van der Waals surface area contributed by atoms with Crippen LogP contribution in [0.5, 0.6) is 11.5 Å². The molecule has 1 aliphatic rings. The van der Waals surface area contributed by atoms with E-state index in [9.17, 15) is 0 Å². The van der Waals surface area contributed by atoms with Crippen LogP contribution in [0.2, 0.25) is 0 Å². The van der Waals surface area contributed by atoms with Gasteiger partial charge in [-0.2, -0.15) is 0 Å². The Bertz CT molecular complexity index is 328. The van der Waals surface area contributed by atoms with Crippen LogP contribution in [0.15, 0.2) is 18.2 Å². The predicted octanol–water partition coefficient (Wildman–Crippen LogP) is 1.19. The number of benzene rings is 1. The molecule has 1 heterocycles. The molecule has 0 spiro atoms. The van der Waals surface area contributed by atoms with Gasteiger partial charge in [0.1, 0.15) is 11.5 Å². The van der Waals surface area contributed by atoms with Crippen LogP contribution in [0.25, 0.3) is 0 Å². The van der Waals surface area contributed by atoms with Gasteiger partial charge >= 0.3 is 0 Å². The zero-order valence-corrected chi connectivity index (χ0v) is 9.66. The molecule has 0 saturated carbocycles. The fourth-order valence-electron chi connectivity index (χ4n) is 1.54. The molecule has 4 heteroatoms. The second-order valence-corrected chi connectivity index (χ2v) is 3.81. The van der Waals surface area contributed by atoms with Gasteiger partial charge in [0.15, 0.2) is 0 Å². The minimum atomic E-state index is 0.345. The van der Waals surface area contributed by atoms with Crippen LogP contribution in [0.4, 0.5) is 0 Å². The van der Waals surface area contributed by atoms with Gasteiger partial charge < -0.3 is 19.5 Å². The fourth-order valence-corrected chi connectivity index (χ4v) is 1.54. The van der Waals surface area contributed by atoms with E-state index in [-0.39, 0.29) is 0 Å². The van der Waals surface area contributed by atoms with Crippen LogP contribution in [0, 0.1) is 0 Å². The monoisotopic (exact) mass is 223 g/mol. The molecule has 0 unspecified atom stereocenters. The lowest BCUT2D eigenvalue weighted by molar-refractivity contribution is 0.00745. The van der Waals surface area contributed by atoms with Crippen LogP contribution in [0.1, 0.15) is 5.56 Å². The highest BCUT2D eigenvalue weighted by molar-refractivity contribution is 5.38. The molecular weight excluding hydrogens is 206 g/mol. The average Bonchev–Trinajstić information content (AvgIpc) is 2.26. The summed E-state index contributed by atoms with van der Waals surface area (Å²) in [4.78, 5) is 0. The van der Waals surface area contributed by atoms with E-state index in [4.69, 9.17) is 14.2 Å². The molecule has 0 atom stereocenters. The summed E-state index contributed by atoms with van der Waals surface area (Å²) in [7, 11) is 3.30. The molecule has 0 aromatic heterocycles. The summed E-state index contributed by atoms with van der Waals surface area (Å²) in [6.07, 6.45) is 0.345. The Labute approximate surface area is 95.5 Å². The van der Waals surface area contributed by atoms with Gasteiger partial charge in [0.2, 0.25) is 0 Å². The Morgan fingerprint density at radius 3 is 2.19 bits per heavy atom. The van der Waals surface area contributed by atoms with E-state index in [1.165, 1.54) is 0 Å². The summed E-state index contributed by atoms with van der Waals surface area (Å²) in [6.45, 7) is 2.49. The number of rotatable bonds is 5. The number of hydrogen-bond acceptors (Lipinski definition) is 4. The highest BCUT2D eigenvalue weighted by Gasteiger charge is 2.17. The molecule has 2 rings (SSSR count). The zero-order valence-electron chi connectivity index (χ0n) is 9.66. The quantitative estimate of drug-likeness (QED) is 0.814. The first-order valence-electron chi connectivity index (χ1n) is 5.36. The van der Waals surface area contributed by atoms with Gasteiger partial charge in [-0.3, -0.25) is 0 Å². The Morgan fingerprint density at radius 2 is 1.75 bits per heavy atom. The van der Waals surface area contributed by atoms with Crippen molar-refractivity contribution in [1.29, 1.82) is 0 Å². The lowest BCUT2D eigenvalue weighted by Crippen LogP contribution is -2.48. The number of methoxy groups -OCH3 is 2. The van der Waals surface area contributed by atoms with Crippen molar-refractivity contribution in [2.75, 3.05) is 27.3 Å². The molecule has 88 valence electrons. The highest BCUT2D eigenvalue weighted by atomic mass is 16.5. The summed E-state index contributed by atoms with van der Waals surface area (Å²) in [5, 5.41) is 3.17. The minimum absolute atomic E-state index is 0.345. The number of nitrogens with one attached hydrogen (secondary N) is 1. The van der Waals surface area contributed by atoms with E-state index >= 15 is 0 Å². The van der Waals surface area contributed by atoms with Crippen molar-refractivity contribution in [2.24, 2.45) is 0 Å². The van der Waals surface area contributed by atoms with Crippen LogP contribution in [0.3, 0.4) is 0 Å². The molecule has 1 aromatic rings. The van der Waals surface area contributed by atoms with E-state index in [2.05, 4.69) is 5.32 Å². The number of ether oxygens (including phenoxy) is 3. The van der Waals surface area contributed by atoms with Crippen molar-refractivity contribution >= 4 is 0 Å². The van der Waals surface area contributed by atoms with E-state index in [1.807, 2.05) is 18.2 Å². The fraction of sp³-hybridized carbons (Fsp3) is 0.500. The first kappa shape index (κ1) is 11.2. The van der Waals surface area contributed by atoms with Gasteiger partial charge in [-0.05, 0) is 17.7 Å². The van der Waals surface area contributed by atoms with Crippen LogP contribution >= 0.6 is 0 Å². The Kier molecular flexibility index (Phi) is 3.64.